The molecule has 0 spiro atoms. The molecule has 66 valence electrons. The van der Waals surface area contributed by atoms with Gasteiger partial charge >= 0.3 is 0 Å². The van der Waals surface area contributed by atoms with Crippen molar-refractivity contribution < 1.29 is 0 Å². The average molecular weight is 174 g/mol. The molecule has 0 bridgehead atoms. The summed E-state index contributed by atoms with van der Waals surface area (Å²) in [6, 6.07) is 1.44. The third-order valence-electron chi connectivity index (χ3n) is 2.67. The van der Waals surface area contributed by atoms with Crippen LogP contribution in [0.15, 0.2) is 0 Å². The van der Waals surface area contributed by atoms with E-state index in [-0.39, 0.29) is 0 Å². The van der Waals surface area contributed by atoms with Crippen LogP contribution in [0.4, 0.5) is 0 Å². The molecule has 2 nitrogen and oxygen atoms in total. The second kappa shape index (κ2) is 3.84. The number of hydrogen-bond acceptors (Lipinski definition) is 2. The second-order valence-corrected chi connectivity index (χ2v) is 4.21. The maximum atomic E-state index is 2.84. The molecule has 0 aliphatic carbocycles. The summed E-state index contributed by atoms with van der Waals surface area (Å²) in [7, 11) is 5.05. The molecule has 0 amide bonds. The zero-order valence-electron chi connectivity index (χ0n) is 7.75. The monoisotopic (exact) mass is 174 g/mol. The van der Waals surface area contributed by atoms with Gasteiger partial charge in [-0.15, -0.1) is 0 Å². The lowest BCUT2D eigenvalue weighted by molar-refractivity contribution is 0.115. The van der Waals surface area contributed by atoms with Crippen LogP contribution < -0.4 is 0 Å². The molecule has 1 fully saturated rings. The fourth-order valence-electron chi connectivity index (χ4n) is 1.57. The summed E-state index contributed by atoms with van der Waals surface area (Å²) < 4.78 is 2.39. The zero-order valence-corrected chi connectivity index (χ0v) is 8.90. The van der Waals surface area contributed by atoms with Crippen molar-refractivity contribution in [1.82, 2.24) is 9.57 Å². The summed E-state index contributed by atoms with van der Waals surface area (Å²) in [5, 5.41) is 0. The van der Waals surface area contributed by atoms with Gasteiger partial charge in [-0.3, -0.25) is 4.67 Å². The van der Waals surface area contributed by atoms with Crippen molar-refractivity contribution in [3.63, 3.8) is 0 Å². The van der Waals surface area contributed by atoms with Crippen LogP contribution in [0.25, 0.3) is 0 Å². The Hall–Kier alpha value is 0.350. The quantitative estimate of drug-likeness (QED) is 0.551. The van der Waals surface area contributed by atoms with Gasteiger partial charge in [0.2, 0.25) is 0 Å². The third-order valence-corrected chi connectivity index (χ3v) is 3.30. The third kappa shape index (κ3) is 2.14. The topological polar surface area (TPSA) is 6.48 Å². The van der Waals surface area contributed by atoms with Crippen LogP contribution in [0.3, 0.4) is 0 Å². The van der Waals surface area contributed by atoms with Gasteiger partial charge in [0, 0.05) is 25.2 Å². The van der Waals surface area contributed by atoms with Crippen LogP contribution in [0.5, 0.6) is 0 Å². The molecule has 3 heteroatoms. The minimum Gasteiger partial charge on any atom is -0.301 e. The number of likely N-dealkylation sites (N-methyl/N-ethyl adjacent to an activating group) is 1. The molecule has 1 rings (SSSR count). The molecule has 1 saturated heterocycles. The first kappa shape index (κ1) is 9.44. The lowest BCUT2D eigenvalue weighted by Crippen LogP contribution is -2.51. The van der Waals surface area contributed by atoms with Gasteiger partial charge in [-0.1, -0.05) is 16.3 Å². The van der Waals surface area contributed by atoms with Gasteiger partial charge in [0.15, 0.2) is 0 Å². The van der Waals surface area contributed by atoms with Gasteiger partial charge in [-0.25, -0.2) is 0 Å². The highest BCUT2D eigenvalue weighted by Crippen LogP contribution is 2.18. The summed E-state index contributed by atoms with van der Waals surface area (Å²) in [5.41, 5.74) is 0. The first-order chi connectivity index (χ1) is 5.15. The number of hydrogen-bond donors (Lipinski definition) is 0. The van der Waals surface area contributed by atoms with Crippen molar-refractivity contribution >= 4 is 9.39 Å². The molecule has 1 aliphatic rings. The highest BCUT2D eigenvalue weighted by molar-refractivity contribution is 7.13. The summed E-state index contributed by atoms with van der Waals surface area (Å²) in [6.07, 6.45) is 1.25. The molecule has 0 N–H and O–H groups in total. The van der Waals surface area contributed by atoms with Gasteiger partial charge in [0.25, 0.3) is 0 Å². The Morgan fingerprint density at radius 3 is 2.64 bits per heavy atom. The molecular weight excluding hydrogens is 155 g/mol. The summed E-state index contributed by atoms with van der Waals surface area (Å²) in [5.74, 6) is 0. The highest BCUT2D eigenvalue weighted by Gasteiger charge is 2.25. The van der Waals surface area contributed by atoms with Crippen LogP contribution >= 0.6 is 9.39 Å². The molecule has 1 unspecified atom stereocenters. The van der Waals surface area contributed by atoms with Gasteiger partial charge in [-0.2, -0.15) is 0 Å². The van der Waals surface area contributed by atoms with Crippen molar-refractivity contribution in [1.29, 1.82) is 0 Å². The minimum atomic E-state index is 0.704. The maximum Gasteiger partial charge on any atom is 0.0255 e. The zero-order chi connectivity index (χ0) is 8.43. The normalized spacial score (nSPS) is 36.0. The average Bonchev–Trinajstić information content (AvgIpc) is 1.97. The molecule has 0 aromatic heterocycles. The molecule has 0 aromatic rings. The lowest BCUT2D eigenvalue weighted by atomic mass is 10.1. The molecule has 1 heterocycles. The lowest BCUT2D eigenvalue weighted by Gasteiger charge is -2.41. The van der Waals surface area contributed by atoms with E-state index in [4.69, 9.17) is 0 Å². The Bertz CT molecular complexity index is 129. The van der Waals surface area contributed by atoms with E-state index in [2.05, 4.69) is 39.9 Å². The first-order valence-electron chi connectivity index (χ1n) is 4.36. The Morgan fingerprint density at radius 1 is 1.45 bits per heavy atom. The van der Waals surface area contributed by atoms with Crippen molar-refractivity contribution in [2.24, 2.45) is 0 Å². The van der Waals surface area contributed by atoms with E-state index in [1.54, 1.807) is 0 Å². The molecule has 0 radical (unpaired) electrons. The Balaban J connectivity index is 2.48. The maximum absolute atomic E-state index is 2.84. The smallest absolute Gasteiger partial charge is 0.0255 e. The Labute approximate surface area is 72.2 Å². The van der Waals surface area contributed by atoms with Crippen LogP contribution in [-0.2, 0) is 0 Å². The van der Waals surface area contributed by atoms with Crippen molar-refractivity contribution in [2.45, 2.75) is 32.4 Å². The molecule has 3 atom stereocenters. The molecule has 0 aromatic carbocycles. The van der Waals surface area contributed by atoms with Crippen LogP contribution in [-0.4, -0.2) is 41.8 Å². The predicted molar refractivity (Wildman–Crippen MR) is 52.6 cm³/mol. The van der Waals surface area contributed by atoms with Crippen LogP contribution in [0.1, 0.15) is 20.3 Å². The predicted octanol–water partition coefficient (Wildman–Crippen LogP) is 1.19. The summed E-state index contributed by atoms with van der Waals surface area (Å²) in [6.45, 7) is 6.93. The summed E-state index contributed by atoms with van der Waals surface area (Å²) in [4.78, 5) is 2.44. The fraction of sp³-hybridized carbons (Fsp3) is 1.00. The SMILES string of the molecule is CC[C@H]1CN(C)[C@H](C)CN1P. The number of piperazine rings is 1. The molecule has 11 heavy (non-hydrogen) atoms. The first-order valence-corrected chi connectivity index (χ1v) is 4.88. The van der Waals surface area contributed by atoms with E-state index in [1.165, 1.54) is 19.5 Å². The van der Waals surface area contributed by atoms with E-state index in [0.29, 0.717) is 6.04 Å². The van der Waals surface area contributed by atoms with Crippen LogP contribution in [0, 0.1) is 0 Å². The van der Waals surface area contributed by atoms with E-state index in [9.17, 15) is 0 Å². The largest absolute Gasteiger partial charge is 0.301 e. The van der Waals surface area contributed by atoms with Gasteiger partial charge in [-0.05, 0) is 20.4 Å². The van der Waals surface area contributed by atoms with Gasteiger partial charge in [0.05, 0.1) is 0 Å². The van der Waals surface area contributed by atoms with Gasteiger partial charge in [0.1, 0.15) is 0 Å². The van der Waals surface area contributed by atoms with Crippen LogP contribution in [0.2, 0.25) is 0 Å². The Morgan fingerprint density at radius 2 is 2.09 bits per heavy atom. The number of nitrogens with zero attached hydrogens (tertiary/aromatic N) is 2. The van der Waals surface area contributed by atoms with Crippen molar-refractivity contribution in [3.05, 3.63) is 0 Å². The highest BCUT2D eigenvalue weighted by atomic mass is 31.0. The Kier molecular flexibility index (Phi) is 3.29. The van der Waals surface area contributed by atoms with E-state index in [0.717, 1.165) is 6.04 Å². The minimum absolute atomic E-state index is 0.704. The second-order valence-electron chi connectivity index (χ2n) is 3.55. The van der Waals surface area contributed by atoms with E-state index in [1.807, 2.05) is 0 Å². The molecule has 1 aliphatic heterocycles. The fourth-order valence-corrected chi connectivity index (χ4v) is 2.18. The summed E-state index contributed by atoms with van der Waals surface area (Å²) >= 11 is 0. The van der Waals surface area contributed by atoms with E-state index < -0.39 is 0 Å². The molecular formula is C8H19N2P. The van der Waals surface area contributed by atoms with Crippen molar-refractivity contribution in [2.75, 3.05) is 20.1 Å². The van der Waals surface area contributed by atoms with E-state index >= 15 is 0 Å². The number of rotatable bonds is 1. The van der Waals surface area contributed by atoms with Crippen molar-refractivity contribution in [3.8, 4) is 0 Å². The molecule has 0 saturated carbocycles. The standard InChI is InChI=1S/C8H19N2P/c1-4-8-6-9(3)7(2)5-10(8)11/h7-8H,4-6,11H2,1-3H3/t7-,8+/m1/s1. The van der Waals surface area contributed by atoms with Gasteiger partial charge < -0.3 is 4.90 Å².